The molecule has 1 unspecified atom stereocenters. The van der Waals surface area contributed by atoms with Gasteiger partial charge < -0.3 is 9.73 Å². The molecule has 1 atom stereocenters. The Balaban J connectivity index is 1.69. The summed E-state index contributed by atoms with van der Waals surface area (Å²) in [6.45, 7) is 2.14. The number of carbonyl (C=O) groups excluding carboxylic acids is 2. The maximum absolute atomic E-state index is 12.6. The summed E-state index contributed by atoms with van der Waals surface area (Å²) in [7, 11) is 0. The highest BCUT2D eigenvalue weighted by Gasteiger charge is 2.20. The summed E-state index contributed by atoms with van der Waals surface area (Å²) in [5.74, 6) is -0.674. The molecule has 2 N–H and O–H groups in total. The molecule has 0 radical (unpaired) electrons. The van der Waals surface area contributed by atoms with Gasteiger partial charge in [-0.3, -0.25) is 20.0 Å². The molecule has 6 nitrogen and oxygen atoms in total. The second-order valence-corrected chi connectivity index (χ2v) is 6.09. The summed E-state index contributed by atoms with van der Waals surface area (Å²) < 4.78 is 4.90. The molecular weight excluding hydrogens is 342 g/mol. The number of benzene rings is 2. The van der Waals surface area contributed by atoms with Crippen LogP contribution in [-0.4, -0.2) is 17.9 Å². The van der Waals surface area contributed by atoms with Crippen LogP contribution in [0.1, 0.15) is 22.8 Å². The minimum absolute atomic E-state index is 0.313. The van der Waals surface area contributed by atoms with Crippen LogP contribution in [-0.2, 0) is 11.3 Å². The van der Waals surface area contributed by atoms with Gasteiger partial charge in [0.15, 0.2) is 0 Å². The highest BCUT2D eigenvalue weighted by Crippen LogP contribution is 2.14. The molecule has 138 valence electrons. The van der Waals surface area contributed by atoms with Gasteiger partial charge in [0.1, 0.15) is 12.3 Å². The maximum atomic E-state index is 12.6. The largest absolute Gasteiger partial charge is 0.472 e. The molecule has 0 aliphatic rings. The summed E-state index contributed by atoms with van der Waals surface area (Å²) in [6.07, 6.45) is 2.75. The number of amides is 2. The van der Waals surface area contributed by atoms with Crippen molar-refractivity contribution in [2.24, 2.45) is 0 Å². The molecule has 27 heavy (non-hydrogen) atoms. The van der Waals surface area contributed by atoms with Gasteiger partial charge in [0.05, 0.1) is 24.1 Å². The van der Waals surface area contributed by atoms with E-state index in [1.165, 1.54) is 12.5 Å². The van der Waals surface area contributed by atoms with Crippen LogP contribution in [0.5, 0.6) is 0 Å². The minimum Gasteiger partial charge on any atom is -0.472 e. The molecule has 0 saturated carbocycles. The molecule has 1 aromatic heterocycles. The number of anilines is 1. The number of hydrogen-bond acceptors (Lipinski definition) is 4. The van der Waals surface area contributed by atoms with Crippen LogP contribution >= 0.6 is 0 Å². The van der Waals surface area contributed by atoms with E-state index in [9.17, 15) is 9.59 Å². The lowest BCUT2D eigenvalue weighted by molar-refractivity contribution is -0.122. The van der Waals surface area contributed by atoms with E-state index in [0.29, 0.717) is 12.1 Å². The van der Waals surface area contributed by atoms with Gasteiger partial charge in [0, 0.05) is 0 Å². The van der Waals surface area contributed by atoms with Gasteiger partial charge in [-0.2, -0.15) is 0 Å². The van der Waals surface area contributed by atoms with Crippen molar-refractivity contribution in [3.63, 3.8) is 0 Å². The zero-order valence-corrected chi connectivity index (χ0v) is 15.0. The van der Waals surface area contributed by atoms with Crippen LogP contribution in [0, 0.1) is 0 Å². The van der Waals surface area contributed by atoms with Gasteiger partial charge in [0.2, 0.25) is 0 Å². The van der Waals surface area contributed by atoms with Crippen LogP contribution in [0.25, 0.3) is 0 Å². The van der Waals surface area contributed by atoms with Crippen molar-refractivity contribution in [1.82, 2.24) is 10.7 Å². The Labute approximate surface area is 157 Å². The van der Waals surface area contributed by atoms with E-state index < -0.39 is 6.04 Å². The van der Waals surface area contributed by atoms with Crippen LogP contribution in [0.3, 0.4) is 0 Å². The third-order valence-electron chi connectivity index (χ3n) is 4.02. The van der Waals surface area contributed by atoms with E-state index in [1.54, 1.807) is 18.0 Å². The second-order valence-electron chi connectivity index (χ2n) is 6.09. The predicted molar refractivity (Wildman–Crippen MR) is 103 cm³/mol. The van der Waals surface area contributed by atoms with Gasteiger partial charge in [-0.25, -0.2) is 0 Å². The lowest BCUT2D eigenvalue weighted by atomic mass is 10.2. The van der Waals surface area contributed by atoms with Crippen molar-refractivity contribution in [1.29, 1.82) is 0 Å². The van der Waals surface area contributed by atoms with Gasteiger partial charge in [-0.15, -0.1) is 0 Å². The fourth-order valence-corrected chi connectivity index (χ4v) is 2.54. The predicted octanol–water partition coefficient (Wildman–Crippen LogP) is 3.14. The van der Waals surface area contributed by atoms with Crippen LogP contribution in [0.15, 0.2) is 83.7 Å². The molecule has 6 heteroatoms. The Bertz CT molecular complexity index is 864. The molecule has 3 aromatic rings. The fraction of sp³-hybridized carbons (Fsp3) is 0.143. The lowest BCUT2D eigenvalue weighted by Crippen LogP contribution is -2.51. The maximum Gasteiger partial charge on any atom is 0.260 e. The van der Waals surface area contributed by atoms with Crippen molar-refractivity contribution in [3.05, 3.63) is 90.4 Å². The Kier molecular flexibility index (Phi) is 5.89. The van der Waals surface area contributed by atoms with Crippen molar-refractivity contribution in [2.45, 2.75) is 19.5 Å². The smallest absolute Gasteiger partial charge is 0.260 e. The molecule has 0 fully saturated rings. The van der Waals surface area contributed by atoms with Crippen molar-refractivity contribution in [3.8, 4) is 0 Å². The highest BCUT2D eigenvalue weighted by atomic mass is 16.3. The van der Waals surface area contributed by atoms with E-state index >= 15 is 0 Å². The molecule has 0 bridgehead atoms. The van der Waals surface area contributed by atoms with Crippen molar-refractivity contribution in [2.75, 3.05) is 5.01 Å². The quantitative estimate of drug-likeness (QED) is 0.633. The number of nitrogens with zero attached hydrogens (tertiary/aromatic N) is 1. The molecular formula is C21H21N3O3. The Hall–Kier alpha value is -3.54. The highest BCUT2D eigenvalue weighted by molar-refractivity contribution is 5.97. The average Bonchev–Trinajstić information content (AvgIpc) is 3.24. The standard InChI is InChI=1S/C21H21N3O3/c1-16(22-21(26)18-12-13-27-15-18)20(25)23-24(19-10-6-3-7-11-19)14-17-8-4-2-5-9-17/h2-13,15-16H,14H2,1H3,(H,22,26)(H,23,25). The molecule has 2 aromatic carbocycles. The number of hydrazine groups is 1. The monoisotopic (exact) mass is 363 g/mol. The van der Waals surface area contributed by atoms with Crippen molar-refractivity contribution >= 4 is 17.5 Å². The first-order valence-corrected chi connectivity index (χ1v) is 8.63. The van der Waals surface area contributed by atoms with E-state index in [0.717, 1.165) is 11.3 Å². The van der Waals surface area contributed by atoms with Crippen LogP contribution < -0.4 is 15.8 Å². The topological polar surface area (TPSA) is 74.6 Å². The number of rotatable bonds is 7. The number of hydrogen-bond donors (Lipinski definition) is 2. The van der Waals surface area contributed by atoms with E-state index in [2.05, 4.69) is 10.7 Å². The first-order valence-electron chi connectivity index (χ1n) is 8.63. The Morgan fingerprint density at radius 2 is 1.67 bits per heavy atom. The zero-order chi connectivity index (χ0) is 19.1. The molecule has 0 spiro atoms. The molecule has 0 aliphatic carbocycles. The molecule has 2 amide bonds. The van der Waals surface area contributed by atoms with Crippen LogP contribution in [0.4, 0.5) is 5.69 Å². The fourth-order valence-electron chi connectivity index (χ4n) is 2.54. The summed E-state index contributed by atoms with van der Waals surface area (Å²) in [4.78, 5) is 24.7. The summed E-state index contributed by atoms with van der Waals surface area (Å²) >= 11 is 0. The molecule has 3 rings (SSSR count). The number of nitrogens with one attached hydrogen (secondary N) is 2. The first kappa shape index (κ1) is 18.3. The summed E-state index contributed by atoms with van der Waals surface area (Å²) in [6, 6.07) is 20.2. The van der Waals surface area contributed by atoms with Gasteiger partial charge in [0.25, 0.3) is 11.8 Å². The van der Waals surface area contributed by atoms with E-state index in [4.69, 9.17) is 4.42 Å². The van der Waals surface area contributed by atoms with Gasteiger partial charge in [-0.1, -0.05) is 48.5 Å². The third-order valence-corrected chi connectivity index (χ3v) is 4.02. The SMILES string of the molecule is CC(NC(=O)c1ccoc1)C(=O)NN(Cc1ccccc1)c1ccccc1. The van der Waals surface area contributed by atoms with Crippen molar-refractivity contribution < 1.29 is 14.0 Å². The Morgan fingerprint density at radius 1 is 1.00 bits per heavy atom. The minimum atomic E-state index is -0.714. The van der Waals surface area contributed by atoms with E-state index in [1.807, 2.05) is 60.7 Å². The number of carbonyl (C=O) groups is 2. The van der Waals surface area contributed by atoms with Crippen LogP contribution in [0.2, 0.25) is 0 Å². The first-order chi connectivity index (χ1) is 13.1. The average molecular weight is 363 g/mol. The van der Waals surface area contributed by atoms with Gasteiger partial charge >= 0.3 is 0 Å². The number of para-hydroxylation sites is 1. The van der Waals surface area contributed by atoms with Gasteiger partial charge in [-0.05, 0) is 30.7 Å². The third kappa shape index (κ3) is 4.98. The summed E-state index contributed by atoms with van der Waals surface area (Å²) in [5.41, 5.74) is 5.16. The molecule has 0 aliphatic heterocycles. The normalized spacial score (nSPS) is 11.4. The second kappa shape index (κ2) is 8.71. The molecule has 0 saturated heterocycles. The number of furan rings is 1. The zero-order valence-electron chi connectivity index (χ0n) is 15.0. The van der Waals surface area contributed by atoms with E-state index in [-0.39, 0.29) is 11.8 Å². The Morgan fingerprint density at radius 3 is 2.30 bits per heavy atom. The lowest BCUT2D eigenvalue weighted by Gasteiger charge is -2.27. The molecule has 1 heterocycles. The summed E-state index contributed by atoms with van der Waals surface area (Å²) in [5, 5.41) is 4.43.